The van der Waals surface area contributed by atoms with Gasteiger partial charge in [-0.05, 0) is 46.6 Å². The Morgan fingerprint density at radius 2 is 1.62 bits per heavy atom. The summed E-state index contributed by atoms with van der Waals surface area (Å²) < 4.78 is 0. The molecule has 0 aromatic heterocycles. The minimum absolute atomic E-state index is 0.589. The first-order chi connectivity index (χ1) is 11.7. The predicted octanol–water partition coefficient (Wildman–Crippen LogP) is 6.97. The average molecular weight is 314 g/mol. The van der Waals surface area contributed by atoms with Gasteiger partial charge in [-0.25, -0.2) is 0 Å². The number of hydrogen-bond acceptors (Lipinski definition) is 0. The van der Waals surface area contributed by atoms with Crippen LogP contribution < -0.4 is 0 Å². The van der Waals surface area contributed by atoms with E-state index in [1.165, 1.54) is 27.8 Å². The molecule has 122 valence electrons. The summed E-state index contributed by atoms with van der Waals surface area (Å²) >= 11 is 0. The number of benzene rings is 2. The summed E-state index contributed by atoms with van der Waals surface area (Å²) in [5, 5.41) is 0. The molecule has 2 atom stereocenters. The first kappa shape index (κ1) is 16.5. The van der Waals surface area contributed by atoms with Gasteiger partial charge >= 0.3 is 0 Å². The van der Waals surface area contributed by atoms with Crippen LogP contribution >= 0.6 is 0 Å². The van der Waals surface area contributed by atoms with E-state index in [0.29, 0.717) is 11.8 Å². The van der Waals surface area contributed by atoms with Gasteiger partial charge in [-0.1, -0.05) is 86.7 Å². The maximum Gasteiger partial charge on any atom is 0.000163 e. The van der Waals surface area contributed by atoms with Crippen molar-refractivity contribution in [1.82, 2.24) is 0 Å². The van der Waals surface area contributed by atoms with Crippen molar-refractivity contribution in [3.05, 3.63) is 95.6 Å². The number of fused-ring (bicyclic) bond motifs is 2. The fourth-order valence-corrected chi connectivity index (χ4v) is 3.57. The zero-order valence-corrected chi connectivity index (χ0v) is 14.7. The summed E-state index contributed by atoms with van der Waals surface area (Å²) in [6, 6.07) is 17.3. The van der Waals surface area contributed by atoms with Crippen molar-refractivity contribution in [2.45, 2.75) is 38.5 Å². The van der Waals surface area contributed by atoms with Crippen molar-refractivity contribution in [3.63, 3.8) is 0 Å². The van der Waals surface area contributed by atoms with Crippen LogP contribution in [-0.4, -0.2) is 0 Å². The van der Waals surface area contributed by atoms with Crippen LogP contribution in [0.1, 0.15) is 60.8 Å². The molecule has 24 heavy (non-hydrogen) atoms. The van der Waals surface area contributed by atoms with Crippen LogP contribution in [0.15, 0.2) is 73.3 Å². The third-order valence-electron chi connectivity index (χ3n) is 4.92. The molecule has 0 aliphatic heterocycles. The summed E-state index contributed by atoms with van der Waals surface area (Å²) in [7, 11) is 0. The predicted molar refractivity (Wildman–Crippen MR) is 106 cm³/mol. The largest absolute Gasteiger partial charge is 0.103 e. The van der Waals surface area contributed by atoms with Gasteiger partial charge in [-0.15, -0.1) is 6.58 Å². The lowest BCUT2D eigenvalue weighted by Crippen LogP contribution is -1.86. The Labute approximate surface area is 146 Å². The molecule has 0 fully saturated rings. The number of allylic oxidation sites excluding steroid dienone is 4. The van der Waals surface area contributed by atoms with Crippen molar-refractivity contribution in [2.24, 2.45) is 0 Å². The van der Waals surface area contributed by atoms with Gasteiger partial charge in [0.2, 0.25) is 0 Å². The zero-order chi connectivity index (χ0) is 16.9. The molecule has 0 saturated carbocycles. The lowest BCUT2D eigenvalue weighted by Gasteiger charge is -2.04. The normalized spacial score (nSPS) is 19.8. The second-order valence-electron chi connectivity index (χ2n) is 6.67. The molecule has 0 amide bonds. The highest BCUT2D eigenvalue weighted by molar-refractivity contribution is 5.74. The molecule has 4 rings (SSSR count). The van der Waals surface area contributed by atoms with E-state index < -0.39 is 0 Å². The zero-order valence-electron chi connectivity index (χ0n) is 14.7. The molecule has 0 spiro atoms. The summed E-state index contributed by atoms with van der Waals surface area (Å²) in [5.41, 5.74) is 7.26. The van der Waals surface area contributed by atoms with Crippen molar-refractivity contribution < 1.29 is 0 Å². The fourth-order valence-electron chi connectivity index (χ4n) is 3.57. The van der Waals surface area contributed by atoms with E-state index in [1.54, 1.807) is 0 Å². The minimum Gasteiger partial charge on any atom is -0.103 e. The molecular formula is C24H26. The summed E-state index contributed by atoms with van der Waals surface area (Å²) in [6.45, 7) is 8.26. The molecule has 0 nitrogen and oxygen atoms in total. The second-order valence-corrected chi connectivity index (χ2v) is 6.67. The van der Waals surface area contributed by atoms with Gasteiger partial charge in [0.15, 0.2) is 0 Å². The quantitative estimate of drug-likeness (QED) is 0.537. The monoisotopic (exact) mass is 314 g/mol. The lowest BCUT2D eigenvalue weighted by molar-refractivity contribution is 0.988. The standard InChI is InChI=1S/C14H16.C10H10/c1-3-4-7-12-10-11(2)13-8-5-6-9-14(12)13;1-8-6-7-9-4-2-3-5-10(8)9/h3,5-6,8-11H,1,4,7H2,2H3;2-8H,1H3. The van der Waals surface area contributed by atoms with Crippen LogP contribution in [0.3, 0.4) is 0 Å². The van der Waals surface area contributed by atoms with Crippen LogP contribution in [0.25, 0.3) is 11.6 Å². The smallest absolute Gasteiger partial charge is 0.000163 e. The van der Waals surface area contributed by atoms with E-state index in [1.807, 2.05) is 6.08 Å². The van der Waals surface area contributed by atoms with Gasteiger partial charge in [0.1, 0.15) is 0 Å². The van der Waals surface area contributed by atoms with Gasteiger partial charge in [0, 0.05) is 5.92 Å². The SMILES string of the molecule is C=CCCC1=CC(C)c2ccccc21.CC1C=Cc2ccccc21. The summed E-state index contributed by atoms with van der Waals surface area (Å²) in [6.07, 6.45) is 11.0. The molecule has 0 N–H and O–H groups in total. The number of rotatable bonds is 3. The topological polar surface area (TPSA) is 0 Å². The third kappa shape index (κ3) is 3.43. The van der Waals surface area contributed by atoms with Gasteiger partial charge < -0.3 is 0 Å². The van der Waals surface area contributed by atoms with E-state index in [0.717, 1.165) is 12.8 Å². The first-order valence-corrected chi connectivity index (χ1v) is 8.88. The van der Waals surface area contributed by atoms with Crippen molar-refractivity contribution >= 4 is 11.6 Å². The molecule has 0 heterocycles. The molecule has 0 saturated heterocycles. The molecule has 2 unspecified atom stereocenters. The Kier molecular flexibility index (Phi) is 5.15. The van der Waals surface area contributed by atoms with Crippen molar-refractivity contribution in [2.75, 3.05) is 0 Å². The van der Waals surface area contributed by atoms with Gasteiger partial charge in [-0.2, -0.15) is 0 Å². The van der Waals surface area contributed by atoms with Gasteiger partial charge in [0.05, 0.1) is 0 Å². The maximum atomic E-state index is 3.77. The molecule has 0 bridgehead atoms. The van der Waals surface area contributed by atoms with Gasteiger partial charge in [-0.3, -0.25) is 0 Å². The summed E-state index contributed by atoms with van der Waals surface area (Å²) in [4.78, 5) is 0. The highest BCUT2D eigenvalue weighted by Crippen LogP contribution is 2.37. The van der Waals surface area contributed by atoms with E-state index >= 15 is 0 Å². The van der Waals surface area contributed by atoms with Crippen LogP contribution in [0.2, 0.25) is 0 Å². The average Bonchev–Trinajstić information content (AvgIpc) is 3.15. The second kappa shape index (κ2) is 7.49. The Balaban J connectivity index is 0.000000149. The molecular weight excluding hydrogens is 288 g/mol. The Bertz CT molecular complexity index is 776. The molecule has 2 aliphatic carbocycles. The number of hydrogen-bond donors (Lipinski definition) is 0. The van der Waals surface area contributed by atoms with E-state index in [9.17, 15) is 0 Å². The highest BCUT2D eigenvalue weighted by atomic mass is 14.2. The lowest BCUT2D eigenvalue weighted by atomic mass is 10.0. The van der Waals surface area contributed by atoms with E-state index in [-0.39, 0.29) is 0 Å². The Morgan fingerprint density at radius 1 is 0.917 bits per heavy atom. The molecule has 0 heteroatoms. The van der Waals surface area contributed by atoms with Crippen LogP contribution in [0, 0.1) is 0 Å². The van der Waals surface area contributed by atoms with Crippen molar-refractivity contribution in [3.8, 4) is 0 Å². The molecule has 2 aromatic rings. The molecule has 0 radical (unpaired) electrons. The Morgan fingerprint density at radius 3 is 2.38 bits per heavy atom. The van der Waals surface area contributed by atoms with Crippen LogP contribution in [0.4, 0.5) is 0 Å². The maximum absolute atomic E-state index is 3.77. The summed E-state index contributed by atoms with van der Waals surface area (Å²) in [5.74, 6) is 1.21. The van der Waals surface area contributed by atoms with Crippen LogP contribution in [0.5, 0.6) is 0 Å². The molecule has 2 aliphatic rings. The third-order valence-corrected chi connectivity index (χ3v) is 4.92. The van der Waals surface area contributed by atoms with E-state index in [4.69, 9.17) is 0 Å². The highest BCUT2D eigenvalue weighted by Gasteiger charge is 2.18. The van der Waals surface area contributed by atoms with Gasteiger partial charge in [0.25, 0.3) is 0 Å². The fraction of sp³-hybridized carbons (Fsp3) is 0.250. The molecule has 2 aromatic carbocycles. The Hall–Kier alpha value is -2.34. The minimum atomic E-state index is 0.589. The van der Waals surface area contributed by atoms with Crippen LogP contribution in [-0.2, 0) is 0 Å². The van der Waals surface area contributed by atoms with E-state index in [2.05, 4.69) is 87.2 Å². The van der Waals surface area contributed by atoms with Crippen molar-refractivity contribution in [1.29, 1.82) is 0 Å². The first-order valence-electron chi connectivity index (χ1n) is 8.88.